The molecule has 1 N–H and O–H groups in total. The maximum absolute atomic E-state index is 3.42. The summed E-state index contributed by atoms with van der Waals surface area (Å²) in [7, 11) is 0. The van der Waals surface area contributed by atoms with Gasteiger partial charge in [-0.3, -0.25) is 0 Å². The van der Waals surface area contributed by atoms with E-state index in [1.54, 1.807) is 11.3 Å². The second-order valence-electron chi connectivity index (χ2n) is 3.70. The van der Waals surface area contributed by atoms with Gasteiger partial charge in [-0.05, 0) is 24.4 Å². The molecule has 2 aromatic heterocycles. The Bertz CT molecular complexity index is 590. The lowest BCUT2D eigenvalue weighted by molar-refractivity contribution is 1.30. The molecule has 0 aliphatic heterocycles. The molecule has 0 atom stereocenters. The molecule has 2 heteroatoms. The second kappa shape index (κ2) is 5.19. The van der Waals surface area contributed by atoms with E-state index in [9.17, 15) is 0 Å². The van der Waals surface area contributed by atoms with E-state index in [0.717, 1.165) is 0 Å². The summed E-state index contributed by atoms with van der Waals surface area (Å²) in [5, 5.41) is 3.41. The quantitative estimate of drug-likeness (QED) is 0.602. The van der Waals surface area contributed by atoms with Crippen molar-refractivity contribution >= 4 is 22.2 Å². The number of nitrogens with one attached hydrogen (secondary N) is 1. The number of hydrogen-bond acceptors (Lipinski definition) is 1. The Kier molecular flexibility index (Phi) is 3.64. The molecule has 17 heavy (non-hydrogen) atoms. The van der Waals surface area contributed by atoms with Crippen molar-refractivity contribution in [3.63, 3.8) is 0 Å². The first-order valence-electron chi connectivity index (χ1n) is 5.97. The van der Waals surface area contributed by atoms with E-state index in [0.29, 0.717) is 0 Å². The molecule has 0 spiro atoms. The Morgan fingerprint density at radius 2 is 1.88 bits per heavy atom. The Hall–Kier alpha value is -1.54. The van der Waals surface area contributed by atoms with Crippen LogP contribution < -0.4 is 0 Å². The first kappa shape index (κ1) is 11.9. The fraction of sp³-hybridized carbons (Fsp3) is 0.200. The summed E-state index contributed by atoms with van der Waals surface area (Å²) in [6.45, 7) is 6.10. The van der Waals surface area contributed by atoms with Crippen LogP contribution in [0.4, 0.5) is 0 Å². The third kappa shape index (κ3) is 2.27. The van der Waals surface area contributed by atoms with Gasteiger partial charge in [-0.2, -0.15) is 0 Å². The van der Waals surface area contributed by atoms with Gasteiger partial charge in [0, 0.05) is 21.5 Å². The van der Waals surface area contributed by atoms with Crippen molar-refractivity contribution in [3.8, 4) is 10.4 Å². The van der Waals surface area contributed by atoms with Crippen LogP contribution in [0.15, 0.2) is 41.8 Å². The molecule has 1 aromatic carbocycles. The molecule has 0 radical (unpaired) electrons. The molecule has 2 heterocycles. The fourth-order valence-corrected chi connectivity index (χ4v) is 2.69. The molecule has 3 aromatic rings. The summed E-state index contributed by atoms with van der Waals surface area (Å²) in [5.41, 5.74) is 3.77. The van der Waals surface area contributed by atoms with Crippen LogP contribution in [0.3, 0.4) is 0 Å². The van der Waals surface area contributed by atoms with E-state index in [-0.39, 0.29) is 0 Å². The standard InChI is InChI=1S/C13H11NS.C2H6/c1-9-8-10-4-2-5-11(13(10)14-9)12-6-3-7-15-12;1-2/h2-8,14H,1H3;1-2H3. The number of thiophene rings is 1. The first-order valence-corrected chi connectivity index (χ1v) is 6.85. The van der Waals surface area contributed by atoms with Gasteiger partial charge in [0.1, 0.15) is 0 Å². The molecule has 1 nitrogen and oxygen atoms in total. The first-order chi connectivity index (χ1) is 8.34. The van der Waals surface area contributed by atoms with E-state index in [1.807, 2.05) is 13.8 Å². The maximum atomic E-state index is 3.42. The molecule has 0 aliphatic carbocycles. The highest BCUT2D eigenvalue weighted by molar-refractivity contribution is 7.13. The molecule has 0 unspecified atom stereocenters. The van der Waals surface area contributed by atoms with Gasteiger partial charge in [0.2, 0.25) is 0 Å². The Morgan fingerprint density at radius 3 is 2.59 bits per heavy atom. The zero-order valence-corrected chi connectivity index (χ0v) is 11.3. The smallest absolute Gasteiger partial charge is 0.0543 e. The summed E-state index contributed by atoms with van der Waals surface area (Å²) in [5.74, 6) is 0. The van der Waals surface area contributed by atoms with Gasteiger partial charge < -0.3 is 4.98 Å². The molecule has 0 saturated heterocycles. The molecule has 0 aliphatic rings. The number of rotatable bonds is 1. The van der Waals surface area contributed by atoms with Crippen LogP contribution in [0, 0.1) is 6.92 Å². The van der Waals surface area contributed by atoms with Crippen LogP contribution in [0.5, 0.6) is 0 Å². The predicted octanol–water partition coefficient (Wildman–Crippen LogP) is 5.23. The lowest BCUT2D eigenvalue weighted by Crippen LogP contribution is -1.76. The van der Waals surface area contributed by atoms with Crippen molar-refractivity contribution in [2.45, 2.75) is 20.8 Å². The van der Waals surface area contributed by atoms with E-state index in [1.165, 1.54) is 27.0 Å². The molecular formula is C15H17NS. The van der Waals surface area contributed by atoms with Gasteiger partial charge in [-0.15, -0.1) is 11.3 Å². The van der Waals surface area contributed by atoms with Crippen LogP contribution >= 0.6 is 11.3 Å². The average molecular weight is 243 g/mol. The topological polar surface area (TPSA) is 15.8 Å². The second-order valence-corrected chi connectivity index (χ2v) is 4.65. The molecule has 0 saturated carbocycles. The minimum Gasteiger partial charge on any atom is -0.358 e. The summed E-state index contributed by atoms with van der Waals surface area (Å²) in [6.07, 6.45) is 0. The van der Waals surface area contributed by atoms with Crippen LogP contribution in [-0.4, -0.2) is 4.98 Å². The molecule has 0 bridgehead atoms. The maximum Gasteiger partial charge on any atom is 0.0543 e. The van der Waals surface area contributed by atoms with Gasteiger partial charge in [0.05, 0.1) is 5.52 Å². The minimum absolute atomic E-state index is 1.22. The van der Waals surface area contributed by atoms with E-state index < -0.39 is 0 Å². The van der Waals surface area contributed by atoms with Gasteiger partial charge in [0.15, 0.2) is 0 Å². The number of para-hydroxylation sites is 1. The average Bonchev–Trinajstić information content (AvgIpc) is 2.98. The molecule has 88 valence electrons. The number of aromatic amines is 1. The number of aryl methyl sites for hydroxylation is 1. The lowest BCUT2D eigenvalue weighted by atomic mass is 10.1. The van der Waals surface area contributed by atoms with Crippen molar-refractivity contribution < 1.29 is 0 Å². The molecule has 0 fully saturated rings. The van der Waals surface area contributed by atoms with Crippen molar-refractivity contribution in [3.05, 3.63) is 47.5 Å². The molecule has 0 amide bonds. The molecule has 3 rings (SSSR count). The Labute approximate surface area is 106 Å². The molecular weight excluding hydrogens is 226 g/mol. The third-order valence-corrected chi connectivity index (χ3v) is 3.48. The van der Waals surface area contributed by atoms with E-state index >= 15 is 0 Å². The number of fused-ring (bicyclic) bond motifs is 1. The normalized spacial score (nSPS) is 10.1. The van der Waals surface area contributed by atoms with Gasteiger partial charge in [0.25, 0.3) is 0 Å². The summed E-state index contributed by atoms with van der Waals surface area (Å²) in [6, 6.07) is 12.9. The van der Waals surface area contributed by atoms with Gasteiger partial charge in [-0.25, -0.2) is 0 Å². The summed E-state index contributed by atoms with van der Waals surface area (Å²) < 4.78 is 0. The zero-order valence-electron chi connectivity index (χ0n) is 10.4. The predicted molar refractivity (Wildman–Crippen MR) is 77.7 cm³/mol. The van der Waals surface area contributed by atoms with E-state index in [4.69, 9.17) is 0 Å². The van der Waals surface area contributed by atoms with Crippen LogP contribution in [0.25, 0.3) is 21.3 Å². The number of H-pyrrole nitrogens is 1. The van der Waals surface area contributed by atoms with Gasteiger partial charge in [-0.1, -0.05) is 38.1 Å². The Morgan fingerprint density at radius 1 is 1.06 bits per heavy atom. The highest BCUT2D eigenvalue weighted by Gasteiger charge is 2.05. The summed E-state index contributed by atoms with van der Waals surface area (Å²) in [4.78, 5) is 4.74. The third-order valence-electron chi connectivity index (χ3n) is 2.58. The van der Waals surface area contributed by atoms with Crippen LogP contribution in [0.2, 0.25) is 0 Å². The van der Waals surface area contributed by atoms with Gasteiger partial charge >= 0.3 is 0 Å². The SMILES string of the molecule is CC.Cc1cc2cccc(-c3cccs3)c2[nH]1. The lowest BCUT2D eigenvalue weighted by Gasteiger charge is -1.99. The van der Waals surface area contributed by atoms with Crippen molar-refractivity contribution in [2.24, 2.45) is 0 Å². The largest absolute Gasteiger partial charge is 0.358 e. The fourth-order valence-electron chi connectivity index (χ4n) is 1.93. The number of benzene rings is 1. The Balaban J connectivity index is 0.000000514. The van der Waals surface area contributed by atoms with Crippen molar-refractivity contribution in [2.75, 3.05) is 0 Å². The van der Waals surface area contributed by atoms with Crippen molar-refractivity contribution in [1.82, 2.24) is 4.98 Å². The monoisotopic (exact) mass is 243 g/mol. The minimum atomic E-state index is 1.22. The highest BCUT2D eigenvalue weighted by atomic mass is 32.1. The zero-order chi connectivity index (χ0) is 12.3. The van der Waals surface area contributed by atoms with Crippen LogP contribution in [0.1, 0.15) is 19.5 Å². The number of aromatic nitrogens is 1. The van der Waals surface area contributed by atoms with Crippen molar-refractivity contribution in [1.29, 1.82) is 0 Å². The van der Waals surface area contributed by atoms with E-state index in [2.05, 4.69) is 53.7 Å². The summed E-state index contributed by atoms with van der Waals surface area (Å²) >= 11 is 1.78. The highest BCUT2D eigenvalue weighted by Crippen LogP contribution is 2.31. The van der Waals surface area contributed by atoms with Crippen LogP contribution in [-0.2, 0) is 0 Å². The number of hydrogen-bond donors (Lipinski definition) is 1.